The van der Waals surface area contributed by atoms with Crippen LogP contribution in [0.3, 0.4) is 0 Å². The van der Waals surface area contributed by atoms with Gasteiger partial charge in [0.05, 0.1) is 4.92 Å². The Kier molecular flexibility index (Phi) is 3.34. The summed E-state index contributed by atoms with van der Waals surface area (Å²) in [6.07, 6.45) is 3.09. The molecule has 1 fully saturated rings. The maximum atomic E-state index is 13.9. The molecule has 1 aliphatic rings. The number of nitrogens with zero attached hydrogens (tertiary/aromatic N) is 1. The Hall–Kier alpha value is -1.49. The Morgan fingerprint density at radius 3 is 2.89 bits per heavy atom. The van der Waals surface area contributed by atoms with Crippen molar-refractivity contribution >= 4 is 5.69 Å². The molecule has 1 saturated carbocycles. The van der Waals surface area contributed by atoms with Gasteiger partial charge in [-0.15, -0.1) is 0 Å². The molecule has 0 saturated heterocycles. The Labute approximate surface area is 105 Å². The van der Waals surface area contributed by atoms with Gasteiger partial charge in [-0.25, -0.2) is 0 Å². The zero-order valence-corrected chi connectivity index (χ0v) is 10.4. The van der Waals surface area contributed by atoms with E-state index in [1.165, 1.54) is 12.1 Å². The third-order valence-electron chi connectivity index (χ3n) is 3.69. The van der Waals surface area contributed by atoms with E-state index in [-0.39, 0.29) is 0 Å². The normalized spacial score (nSPS) is 27.4. The number of hydrogen-bond donors (Lipinski definition) is 1. The highest BCUT2D eigenvalue weighted by Crippen LogP contribution is 2.35. The van der Waals surface area contributed by atoms with Crippen LogP contribution in [0.4, 0.5) is 10.1 Å². The highest BCUT2D eigenvalue weighted by atomic mass is 19.1. The number of nitrogens with two attached hydrogens (primary N) is 1. The molecule has 5 heteroatoms. The van der Waals surface area contributed by atoms with Gasteiger partial charge in [0.15, 0.2) is 0 Å². The van der Waals surface area contributed by atoms with E-state index in [1.807, 2.05) is 0 Å². The van der Waals surface area contributed by atoms with Gasteiger partial charge in [0, 0.05) is 11.6 Å². The molecule has 0 amide bonds. The second-order valence-electron chi connectivity index (χ2n) is 5.39. The minimum Gasteiger partial charge on any atom is -0.325 e. The molecule has 2 unspecified atom stereocenters. The predicted octanol–water partition coefficient (Wildman–Crippen LogP) is 2.79. The van der Waals surface area contributed by atoms with Gasteiger partial charge in [-0.3, -0.25) is 10.1 Å². The third kappa shape index (κ3) is 2.51. The van der Waals surface area contributed by atoms with Crippen molar-refractivity contribution in [1.82, 2.24) is 0 Å². The van der Waals surface area contributed by atoms with Crippen LogP contribution in [0.1, 0.15) is 31.7 Å². The van der Waals surface area contributed by atoms with Crippen molar-refractivity contribution in [2.45, 2.75) is 38.1 Å². The zero-order chi connectivity index (χ0) is 13.3. The molecule has 0 aliphatic heterocycles. The molecule has 2 atom stereocenters. The number of halogens is 1. The Balaban J connectivity index is 2.25. The molecule has 2 N–H and O–H groups in total. The van der Waals surface area contributed by atoms with E-state index in [9.17, 15) is 14.5 Å². The monoisotopic (exact) mass is 252 g/mol. The molecule has 4 nitrogen and oxygen atoms in total. The molecule has 2 rings (SSSR count). The average molecular weight is 252 g/mol. The topological polar surface area (TPSA) is 69.2 Å². The first-order valence-electron chi connectivity index (χ1n) is 6.12. The van der Waals surface area contributed by atoms with E-state index in [0.29, 0.717) is 17.9 Å². The van der Waals surface area contributed by atoms with Crippen molar-refractivity contribution < 1.29 is 9.31 Å². The quantitative estimate of drug-likeness (QED) is 0.664. The van der Waals surface area contributed by atoms with Crippen molar-refractivity contribution in [2.24, 2.45) is 11.7 Å². The van der Waals surface area contributed by atoms with E-state index in [1.54, 1.807) is 6.07 Å². The molecule has 0 aromatic heterocycles. The van der Waals surface area contributed by atoms with E-state index < -0.39 is 22.0 Å². The summed E-state index contributed by atoms with van der Waals surface area (Å²) in [5, 5.41) is 10.7. The zero-order valence-electron chi connectivity index (χ0n) is 10.4. The molecule has 98 valence electrons. The summed E-state index contributed by atoms with van der Waals surface area (Å²) >= 11 is 0. The minimum atomic E-state index is -0.744. The molecular formula is C13H17FN2O2. The van der Waals surface area contributed by atoms with Gasteiger partial charge in [-0.2, -0.15) is 4.39 Å². The van der Waals surface area contributed by atoms with Crippen LogP contribution in [0.25, 0.3) is 0 Å². The average Bonchev–Trinajstić information content (AvgIpc) is 2.61. The van der Waals surface area contributed by atoms with Gasteiger partial charge < -0.3 is 5.73 Å². The SMILES string of the molecule is CC1CCC(N)(Cc2cccc([N+](=O)[O-])c2F)C1. The van der Waals surface area contributed by atoms with Gasteiger partial charge in [0.25, 0.3) is 0 Å². The first kappa shape index (κ1) is 13.0. The highest BCUT2D eigenvalue weighted by molar-refractivity contribution is 5.37. The van der Waals surface area contributed by atoms with Gasteiger partial charge in [-0.1, -0.05) is 19.1 Å². The predicted molar refractivity (Wildman–Crippen MR) is 66.7 cm³/mol. The van der Waals surface area contributed by atoms with Crippen molar-refractivity contribution in [3.63, 3.8) is 0 Å². The number of nitro groups is 1. The Morgan fingerprint density at radius 2 is 2.33 bits per heavy atom. The van der Waals surface area contributed by atoms with Crippen LogP contribution < -0.4 is 5.73 Å². The fraction of sp³-hybridized carbons (Fsp3) is 0.538. The molecule has 1 aliphatic carbocycles. The summed E-state index contributed by atoms with van der Waals surface area (Å²) in [6, 6.07) is 4.28. The summed E-state index contributed by atoms with van der Waals surface area (Å²) < 4.78 is 13.9. The van der Waals surface area contributed by atoms with Gasteiger partial charge in [0.2, 0.25) is 5.82 Å². The van der Waals surface area contributed by atoms with Gasteiger partial charge in [0.1, 0.15) is 0 Å². The molecule has 0 heterocycles. The van der Waals surface area contributed by atoms with Crippen molar-refractivity contribution in [1.29, 1.82) is 0 Å². The molecule has 0 bridgehead atoms. The van der Waals surface area contributed by atoms with Gasteiger partial charge in [-0.05, 0) is 37.2 Å². The fourth-order valence-corrected chi connectivity index (χ4v) is 2.82. The highest BCUT2D eigenvalue weighted by Gasteiger charge is 2.35. The fourth-order valence-electron chi connectivity index (χ4n) is 2.82. The summed E-state index contributed by atoms with van der Waals surface area (Å²) in [7, 11) is 0. The van der Waals surface area contributed by atoms with Crippen molar-refractivity contribution in [3.05, 3.63) is 39.7 Å². The van der Waals surface area contributed by atoms with Crippen LogP contribution in [0.5, 0.6) is 0 Å². The second-order valence-corrected chi connectivity index (χ2v) is 5.39. The van der Waals surface area contributed by atoms with Crippen LogP contribution >= 0.6 is 0 Å². The standard InChI is InChI=1S/C13H17FN2O2/c1-9-5-6-13(15,7-9)8-10-3-2-4-11(12(10)14)16(17)18/h2-4,9H,5-8,15H2,1H3. The summed E-state index contributed by atoms with van der Waals surface area (Å²) in [6.45, 7) is 2.12. The molecule has 0 spiro atoms. The molecule has 1 aromatic rings. The summed E-state index contributed by atoms with van der Waals surface area (Å²) in [5.41, 5.74) is 5.70. The molecule has 0 radical (unpaired) electrons. The maximum Gasteiger partial charge on any atom is 0.305 e. The van der Waals surface area contributed by atoms with E-state index in [4.69, 9.17) is 5.73 Å². The lowest BCUT2D eigenvalue weighted by molar-refractivity contribution is -0.387. The smallest absolute Gasteiger partial charge is 0.305 e. The third-order valence-corrected chi connectivity index (χ3v) is 3.69. The first-order chi connectivity index (χ1) is 8.41. The van der Waals surface area contributed by atoms with Crippen LogP contribution in [0.2, 0.25) is 0 Å². The number of rotatable bonds is 3. The second kappa shape index (κ2) is 4.65. The van der Waals surface area contributed by atoms with E-state index >= 15 is 0 Å². The lowest BCUT2D eigenvalue weighted by Gasteiger charge is -2.24. The lowest BCUT2D eigenvalue weighted by atomic mass is 9.89. The maximum absolute atomic E-state index is 13.9. The van der Waals surface area contributed by atoms with Crippen LogP contribution in [-0.4, -0.2) is 10.5 Å². The minimum absolute atomic E-state index is 0.348. The summed E-state index contributed by atoms with van der Waals surface area (Å²) in [5.74, 6) is -0.205. The largest absolute Gasteiger partial charge is 0.325 e. The molecular weight excluding hydrogens is 235 g/mol. The number of nitro benzene ring substituents is 1. The first-order valence-corrected chi connectivity index (χ1v) is 6.12. The van der Waals surface area contributed by atoms with Gasteiger partial charge >= 0.3 is 5.69 Å². The van der Waals surface area contributed by atoms with Crippen molar-refractivity contribution in [3.8, 4) is 0 Å². The lowest BCUT2D eigenvalue weighted by Crippen LogP contribution is -2.39. The number of hydrogen-bond acceptors (Lipinski definition) is 3. The van der Waals surface area contributed by atoms with Crippen LogP contribution in [0, 0.1) is 21.8 Å². The summed E-state index contributed by atoms with van der Waals surface area (Å²) in [4.78, 5) is 9.98. The van der Waals surface area contributed by atoms with Crippen molar-refractivity contribution in [2.75, 3.05) is 0 Å². The van der Waals surface area contributed by atoms with Crippen LogP contribution in [-0.2, 0) is 6.42 Å². The Morgan fingerprint density at radius 1 is 1.61 bits per heavy atom. The molecule has 18 heavy (non-hydrogen) atoms. The van der Waals surface area contributed by atoms with E-state index in [2.05, 4.69) is 6.92 Å². The number of benzene rings is 1. The van der Waals surface area contributed by atoms with E-state index in [0.717, 1.165) is 19.3 Å². The van der Waals surface area contributed by atoms with Crippen LogP contribution in [0.15, 0.2) is 18.2 Å². The molecule has 1 aromatic carbocycles. The Bertz CT molecular complexity index is 478.